The van der Waals surface area contributed by atoms with E-state index in [1.165, 1.54) is 28.2 Å². The van der Waals surface area contributed by atoms with Gasteiger partial charge in [0.15, 0.2) is 5.71 Å². The summed E-state index contributed by atoms with van der Waals surface area (Å²) in [7, 11) is 0. The molecule has 0 saturated heterocycles. The van der Waals surface area contributed by atoms with Crippen molar-refractivity contribution in [2.24, 2.45) is 5.73 Å². The van der Waals surface area contributed by atoms with Crippen LogP contribution in [0.2, 0.25) is 0 Å². The van der Waals surface area contributed by atoms with Gasteiger partial charge >= 0.3 is 5.97 Å². The number of carboxylic acid groups (broad SMARTS) is 1. The molecule has 3 N–H and O–H groups in total. The Morgan fingerprint density at radius 1 is 1.06 bits per heavy atom. The number of unbranched alkanes of at least 4 members (excludes halogenated alkanes) is 2. The zero-order chi connectivity index (χ0) is 26.5. The lowest BCUT2D eigenvalue weighted by Crippen LogP contribution is -2.23. The van der Waals surface area contributed by atoms with Crippen molar-refractivity contribution in [1.82, 2.24) is 0 Å². The summed E-state index contributed by atoms with van der Waals surface area (Å²) in [6.45, 7) is 13.2. The van der Waals surface area contributed by atoms with Crippen molar-refractivity contribution in [2.75, 3.05) is 18.0 Å². The lowest BCUT2D eigenvalue weighted by molar-refractivity contribution is -0.440. The molecule has 0 aliphatic rings. The molecule has 5 heteroatoms. The average molecular weight is 491 g/mol. The second-order valence-electron chi connectivity index (χ2n) is 9.43. The summed E-state index contributed by atoms with van der Waals surface area (Å²) < 4.78 is 2.37. The quantitative estimate of drug-likeness (QED) is 0.131. The molecule has 2 aromatic rings. The van der Waals surface area contributed by atoms with E-state index in [1.54, 1.807) is 0 Å². The van der Waals surface area contributed by atoms with Crippen LogP contribution in [0.4, 0.5) is 11.4 Å². The molecule has 0 radical (unpaired) electrons. The molecular formula is C31H44N3O2+. The number of anilines is 1. The number of nitrogens with two attached hydrogens (primary N) is 1. The fourth-order valence-electron chi connectivity index (χ4n) is 4.44. The Balaban J connectivity index is 2.27. The van der Waals surface area contributed by atoms with Crippen molar-refractivity contribution in [3.8, 4) is 0 Å². The van der Waals surface area contributed by atoms with Gasteiger partial charge in [0.1, 0.15) is 6.54 Å². The lowest BCUT2D eigenvalue weighted by atomic mass is 10.1. The molecule has 0 saturated carbocycles. The molecule has 194 valence electrons. The molecule has 36 heavy (non-hydrogen) atoms. The van der Waals surface area contributed by atoms with Gasteiger partial charge in [-0.2, -0.15) is 4.58 Å². The van der Waals surface area contributed by atoms with Crippen molar-refractivity contribution in [3.05, 3.63) is 83.1 Å². The smallest absolute Gasteiger partial charge is 0.303 e. The number of carbonyl (C=O) groups is 1. The molecule has 0 atom stereocenters. The number of hydrogen-bond acceptors (Lipinski definition) is 3. The summed E-state index contributed by atoms with van der Waals surface area (Å²) in [5.74, 6) is -0.721. The van der Waals surface area contributed by atoms with Gasteiger partial charge in [-0.25, -0.2) is 0 Å². The molecule has 0 bridgehead atoms. The van der Waals surface area contributed by atoms with Crippen molar-refractivity contribution >= 4 is 23.1 Å². The highest BCUT2D eigenvalue weighted by molar-refractivity contribution is 5.89. The first-order valence-electron chi connectivity index (χ1n) is 13.1. The first kappa shape index (κ1) is 29.1. The number of carboxylic acids is 1. The lowest BCUT2D eigenvalue weighted by Gasteiger charge is -2.27. The molecule has 0 amide bonds. The van der Waals surface area contributed by atoms with Crippen molar-refractivity contribution in [1.29, 1.82) is 0 Å². The van der Waals surface area contributed by atoms with E-state index in [-0.39, 0.29) is 6.42 Å². The Bertz CT molecular complexity index is 1100. The second-order valence-corrected chi connectivity index (χ2v) is 9.43. The van der Waals surface area contributed by atoms with Crippen molar-refractivity contribution < 1.29 is 14.5 Å². The van der Waals surface area contributed by atoms with Crippen LogP contribution in [0.3, 0.4) is 0 Å². The second kappa shape index (κ2) is 15.0. The summed E-state index contributed by atoms with van der Waals surface area (Å²) >= 11 is 0. The summed E-state index contributed by atoms with van der Waals surface area (Å²) in [4.78, 5) is 13.2. The zero-order valence-electron chi connectivity index (χ0n) is 22.8. The number of rotatable bonds is 14. The molecule has 5 nitrogen and oxygen atoms in total. The normalized spacial score (nSPS) is 12.7. The first-order valence-corrected chi connectivity index (χ1v) is 13.1. The summed E-state index contributed by atoms with van der Waals surface area (Å²) in [6.07, 6.45) is 10.3. The summed E-state index contributed by atoms with van der Waals surface area (Å²) in [5.41, 5.74) is 14.2. The summed E-state index contributed by atoms with van der Waals surface area (Å²) in [5, 5.41) is 8.91. The van der Waals surface area contributed by atoms with Crippen LogP contribution in [0.1, 0.15) is 69.6 Å². The first-order chi connectivity index (χ1) is 17.3. The largest absolute Gasteiger partial charge is 0.481 e. The van der Waals surface area contributed by atoms with Crippen LogP contribution in [-0.4, -0.2) is 34.5 Å². The third-order valence-electron chi connectivity index (χ3n) is 6.44. The van der Waals surface area contributed by atoms with E-state index in [0.29, 0.717) is 13.0 Å². The standard InChI is InChI=1S/C31H43N3O2/c1-6-20-33(30-19-18-28(23-32)22-25(30)3)26(4)14-12-15-27(5)34(21-11-7-8-17-31(35)36)29-16-10-9-13-24(29)2/h9-10,12-16,18-19,22H,6-8,11,17,20-21,23,32H2,1-5H3/p+1. The monoisotopic (exact) mass is 490 g/mol. The molecule has 0 aromatic heterocycles. The predicted octanol–water partition coefficient (Wildman–Crippen LogP) is 6.89. The number of benzene rings is 2. The van der Waals surface area contributed by atoms with E-state index in [2.05, 4.69) is 105 Å². The van der Waals surface area contributed by atoms with Crippen molar-refractivity contribution in [3.63, 3.8) is 0 Å². The van der Waals surface area contributed by atoms with Gasteiger partial charge in [0.25, 0.3) is 0 Å². The van der Waals surface area contributed by atoms with Gasteiger partial charge in [0, 0.05) is 61.9 Å². The number of hydrogen-bond donors (Lipinski definition) is 2. The van der Waals surface area contributed by atoms with E-state index in [0.717, 1.165) is 43.6 Å². The number of nitrogens with zero attached hydrogens (tertiary/aromatic N) is 2. The minimum absolute atomic E-state index is 0.236. The molecule has 0 heterocycles. The van der Waals surface area contributed by atoms with Gasteiger partial charge in [-0.15, -0.1) is 0 Å². The maximum absolute atomic E-state index is 10.8. The molecule has 0 aliphatic heterocycles. The van der Waals surface area contributed by atoms with Gasteiger partial charge in [-0.05, 0) is 62.9 Å². The molecule has 2 aromatic carbocycles. The number of para-hydroxylation sites is 1. The van der Waals surface area contributed by atoms with Gasteiger partial charge in [-0.3, -0.25) is 4.79 Å². The highest BCUT2D eigenvalue weighted by atomic mass is 16.4. The molecule has 2 rings (SSSR count). The van der Waals surface area contributed by atoms with Crippen LogP contribution >= 0.6 is 0 Å². The van der Waals surface area contributed by atoms with Crippen LogP contribution in [0.5, 0.6) is 0 Å². The van der Waals surface area contributed by atoms with E-state index in [1.807, 2.05) is 0 Å². The van der Waals surface area contributed by atoms with Crippen molar-refractivity contribution in [2.45, 2.75) is 73.3 Å². The third kappa shape index (κ3) is 8.80. The van der Waals surface area contributed by atoms with Gasteiger partial charge in [-0.1, -0.05) is 43.7 Å². The highest BCUT2D eigenvalue weighted by Crippen LogP contribution is 2.24. The number of aliphatic carboxylic acids is 1. The third-order valence-corrected chi connectivity index (χ3v) is 6.44. The molecule has 0 fully saturated rings. The number of aryl methyl sites for hydroxylation is 2. The highest BCUT2D eigenvalue weighted by Gasteiger charge is 2.15. The maximum atomic E-state index is 10.8. The minimum Gasteiger partial charge on any atom is -0.481 e. The topological polar surface area (TPSA) is 69.6 Å². The fraction of sp³-hybridized carbons (Fsp3) is 0.419. The van der Waals surface area contributed by atoms with Crippen LogP contribution in [0, 0.1) is 13.8 Å². The Morgan fingerprint density at radius 2 is 1.81 bits per heavy atom. The van der Waals surface area contributed by atoms with Crippen LogP contribution in [-0.2, 0) is 11.3 Å². The molecule has 0 unspecified atom stereocenters. The molecular weight excluding hydrogens is 446 g/mol. The molecule has 0 spiro atoms. The SMILES string of the molecule is CCC[N+](=C(C)/C=C/C=C(\C)N(CCCCCC(=O)O)c1ccccc1C)c1ccc(CN)cc1C. The fourth-order valence-corrected chi connectivity index (χ4v) is 4.44. The maximum Gasteiger partial charge on any atom is 0.303 e. The number of allylic oxidation sites excluding steroid dienone is 4. The average Bonchev–Trinajstić information content (AvgIpc) is 2.85. The van der Waals surface area contributed by atoms with Gasteiger partial charge in [0.2, 0.25) is 5.69 Å². The molecule has 0 aliphatic carbocycles. The van der Waals surface area contributed by atoms with E-state index in [4.69, 9.17) is 10.8 Å². The Labute approximate surface area is 217 Å². The van der Waals surface area contributed by atoms with Crippen LogP contribution in [0.15, 0.2) is 66.4 Å². The zero-order valence-corrected chi connectivity index (χ0v) is 22.8. The van der Waals surface area contributed by atoms with E-state index < -0.39 is 5.97 Å². The summed E-state index contributed by atoms with van der Waals surface area (Å²) in [6, 6.07) is 14.9. The van der Waals surface area contributed by atoms with Gasteiger partial charge in [0.05, 0.1) is 0 Å². The predicted molar refractivity (Wildman–Crippen MR) is 152 cm³/mol. The van der Waals surface area contributed by atoms with Crippen LogP contribution in [0.25, 0.3) is 0 Å². The van der Waals surface area contributed by atoms with Crippen LogP contribution < -0.4 is 10.6 Å². The van der Waals surface area contributed by atoms with E-state index in [9.17, 15) is 4.79 Å². The van der Waals surface area contributed by atoms with E-state index >= 15 is 0 Å². The Morgan fingerprint density at radius 3 is 2.44 bits per heavy atom. The minimum atomic E-state index is -0.721. The Kier molecular flexibility index (Phi) is 12.1. The van der Waals surface area contributed by atoms with Gasteiger partial charge < -0.3 is 15.7 Å². The Hall–Kier alpha value is -3.18.